The molecular weight excluding hydrogens is 200 g/mol. The summed E-state index contributed by atoms with van der Waals surface area (Å²) in [5.74, 6) is 1.65. The minimum Gasteiger partial charge on any atom is -0.356 e. The Bertz CT molecular complexity index is 255. The van der Waals surface area contributed by atoms with Gasteiger partial charge in [0.2, 0.25) is 5.91 Å². The molecule has 3 heteroatoms. The topological polar surface area (TPSA) is 55.1 Å². The quantitative estimate of drug-likeness (QED) is 0.748. The highest BCUT2D eigenvalue weighted by Crippen LogP contribution is 2.36. The van der Waals surface area contributed by atoms with E-state index in [0.717, 1.165) is 25.3 Å². The number of carbonyl (C=O) groups excluding carboxylic acids is 1. The molecule has 0 aromatic carbocycles. The summed E-state index contributed by atoms with van der Waals surface area (Å²) in [7, 11) is 0. The first-order valence-corrected chi connectivity index (χ1v) is 6.65. The summed E-state index contributed by atoms with van der Waals surface area (Å²) in [4.78, 5) is 11.8. The molecular formula is C13H24N2O. The minimum atomic E-state index is -0.201. The molecule has 2 aliphatic rings. The largest absolute Gasteiger partial charge is 0.356 e. The molecule has 16 heavy (non-hydrogen) atoms. The molecule has 0 aromatic heterocycles. The van der Waals surface area contributed by atoms with E-state index in [1.807, 2.05) is 0 Å². The van der Waals surface area contributed by atoms with Gasteiger partial charge in [0, 0.05) is 18.5 Å². The average Bonchev–Trinajstić information content (AvgIpc) is 2.99. The average molecular weight is 224 g/mol. The number of hydrogen-bond acceptors (Lipinski definition) is 2. The van der Waals surface area contributed by atoms with Crippen molar-refractivity contribution in [2.45, 2.75) is 57.4 Å². The number of amides is 1. The lowest BCUT2D eigenvalue weighted by Crippen LogP contribution is -2.43. The number of nitrogens with two attached hydrogens (primary N) is 1. The Hall–Kier alpha value is -0.570. The van der Waals surface area contributed by atoms with E-state index in [-0.39, 0.29) is 11.4 Å². The smallest absolute Gasteiger partial charge is 0.221 e. The molecule has 0 bridgehead atoms. The summed E-state index contributed by atoms with van der Waals surface area (Å²) < 4.78 is 0. The molecule has 0 aromatic rings. The molecule has 1 atom stereocenters. The summed E-state index contributed by atoms with van der Waals surface area (Å²) in [6.45, 7) is 3.06. The van der Waals surface area contributed by atoms with Crippen LogP contribution in [0.15, 0.2) is 0 Å². The lowest BCUT2D eigenvalue weighted by atomic mass is 9.94. The van der Waals surface area contributed by atoms with Gasteiger partial charge in [-0.2, -0.15) is 0 Å². The van der Waals surface area contributed by atoms with E-state index < -0.39 is 0 Å². The van der Waals surface area contributed by atoms with Crippen molar-refractivity contribution in [1.29, 1.82) is 0 Å². The van der Waals surface area contributed by atoms with Crippen molar-refractivity contribution in [3.8, 4) is 0 Å². The minimum absolute atomic E-state index is 0.150. The molecule has 2 saturated carbocycles. The Balaban J connectivity index is 1.67. The molecule has 3 nitrogen and oxygen atoms in total. The summed E-state index contributed by atoms with van der Waals surface area (Å²) >= 11 is 0. The number of rotatable bonds is 5. The lowest BCUT2D eigenvalue weighted by molar-refractivity contribution is -0.122. The van der Waals surface area contributed by atoms with Gasteiger partial charge in [0.15, 0.2) is 0 Å². The fraction of sp³-hybridized carbons (Fsp3) is 0.923. The predicted molar refractivity (Wildman–Crippen MR) is 64.9 cm³/mol. The van der Waals surface area contributed by atoms with Crippen LogP contribution in [0.1, 0.15) is 51.9 Å². The standard InChI is InChI=1S/C13H24N2O/c1-10(11-4-5-11)9-15-12(16)8-13(14)6-2-3-7-13/h10-11H,2-9,14H2,1H3,(H,15,16). The van der Waals surface area contributed by atoms with Gasteiger partial charge in [-0.1, -0.05) is 19.8 Å². The molecule has 2 rings (SSSR count). The maximum absolute atomic E-state index is 11.8. The fourth-order valence-corrected chi connectivity index (χ4v) is 2.74. The van der Waals surface area contributed by atoms with Crippen LogP contribution in [0.5, 0.6) is 0 Å². The molecule has 2 aliphatic carbocycles. The summed E-state index contributed by atoms with van der Waals surface area (Å²) in [6, 6.07) is 0. The highest BCUT2D eigenvalue weighted by Gasteiger charge is 2.32. The van der Waals surface area contributed by atoms with E-state index in [0.29, 0.717) is 12.3 Å². The van der Waals surface area contributed by atoms with Crippen molar-refractivity contribution in [3.05, 3.63) is 0 Å². The first-order valence-electron chi connectivity index (χ1n) is 6.65. The molecule has 2 fully saturated rings. The van der Waals surface area contributed by atoms with Crippen molar-refractivity contribution in [1.82, 2.24) is 5.32 Å². The molecule has 0 heterocycles. The van der Waals surface area contributed by atoms with Crippen LogP contribution in [-0.2, 0) is 4.79 Å². The number of carbonyl (C=O) groups is 1. The van der Waals surface area contributed by atoms with Crippen molar-refractivity contribution >= 4 is 5.91 Å². The van der Waals surface area contributed by atoms with Gasteiger partial charge in [0.1, 0.15) is 0 Å². The van der Waals surface area contributed by atoms with Gasteiger partial charge in [-0.3, -0.25) is 4.79 Å². The van der Waals surface area contributed by atoms with Crippen molar-refractivity contribution in [3.63, 3.8) is 0 Å². The van der Waals surface area contributed by atoms with Crippen LogP contribution in [0.25, 0.3) is 0 Å². The summed E-state index contributed by atoms with van der Waals surface area (Å²) in [6.07, 6.45) is 7.60. The van der Waals surface area contributed by atoms with Crippen LogP contribution in [0.2, 0.25) is 0 Å². The zero-order valence-electron chi connectivity index (χ0n) is 10.3. The zero-order chi connectivity index (χ0) is 11.6. The van der Waals surface area contributed by atoms with Crippen molar-refractivity contribution in [2.24, 2.45) is 17.6 Å². The van der Waals surface area contributed by atoms with Crippen LogP contribution in [0, 0.1) is 11.8 Å². The van der Waals surface area contributed by atoms with Gasteiger partial charge in [-0.15, -0.1) is 0 Å². The second kappa shape index (κ2) is 4.74. The summed E-state index contributed by atoms with van der Waals surface area (Å²) in [5, 5.41) is 3.04. The van der Waals surface area contributed by atoms with Gasteiger partial charge in [-0.25, -0.2) is 0 Å². The molecule has 1 unspecified atom stereocenters. The van der Waals surface area contributed by atoms with Crippen molar-refractivity contribution in [2.75, 3.05) is 6.54 Å². The normalized spacial score (nSPS) is 25.4. The highest BCUT2D eigenvalue weighted by molar-refractivity contribution is 5.77. The second-order valence-electron chi connectivity index (χ2n) is 5.87. The third-order valence-corrected chi connectivity index (χ3v) is 4.16. The fourth-order valence-electron chi connectivity index (χ4n) is 2.74. The molecule has 0 spiro atoms. The van der Waals surface area contributed by atoms with E-state index in [2.05, 4.69) is 12.2 Å². The third kappa shape index (κ3) is 3.21. The predicted octanol–water partition coefficient (Wildman–Crippen LogP) is 1.81. The first-order chi connectivity index (χ1) is 7.59. The monoisotopic (exact) mass is 224 g/mol. The zero-order valence-corrected chi connectivity index (χ0v) is 10.3. The second-order valence-corrected chi connectivity index (χ2v) is 5.87. The molecule has 1 amide bonds. The molecule has 3 N–H and O–H groups in total. The number of nitrogens with one attached hydrogen (secondary N) is 1. The van der Waals surface area contributed by atoms with Crippen LogP contribution in [-0.4, -0.2) is 18.0 Å². The van der Waals surface area contributed by atoms with E-state index >= 15 is 0 Å². The van der Waals surface area contributed by atoms with Gasteiger partial charge < -0.3 is 11.1 Å². The molecule has 92 valence electrons. The molecule has 0 radical (unpaired) electrons. The molecule has 0 saturated heterocycles. The van der Waals surface area contributed by atoms with Gasteiger partial charge in [0.05, 0.1) is 0 Å². The Kier molecular flexibility index (Phi) is 3.53. The van der Waals surface area contributed by atoms with Crippen LogP contribution in [0.4, 0.5) is 0 Å². The Labute approximate surface area is 98.2 Å². The number of hydrogen-bond donors (Lipinski definition) is 2. The highest BCUT2D eigenvalue weighted by atomic mass is 16.1. The van der Waals surface area contributed by atoms with Crippen molar-refractivity contribution < 1.29 is 4.79 Å². The first kappa shape index (κ1) is 11.9. The van der Waals surface area contributed by atoms with Crippen LogP contribution < -0.4 is 11.1 Å². The SMILES string of the molecule is CC(CNC(=O)CC1(N)CCCC1)C1CC1. The lowest BCUT2D eigenvalue weighted by Gasteiger charge is -2.23. The van der Waals surface area contributed by atoms with Gasteiger partial charge in [-0.05, 0) is 37.5 Å². The Morgan fingerprint density at radius 2 is 2.06 bits per heavy atom. The van der Waals surface area contributed by atoms with Crippen LogP contribution >= 0.6 is 0 Å². The Morgan fingerprint density at radius 3 is 2.62 bits per heavy atom. The maximum atomic E-state index is 11.8. The third-order valence-electron chi connectivity index (χ3n) is 4.16. The van der Waals surface area contributed by atoms with E-state index in [1.165, 1.54) is 25.7 Å². The van der Waals surface area contributed by atoms with Gasteiger partial charge in [0.25, 0.3) is 0 Å². The van der Waals surface area contributed by atoms with E-state index in [4.69, 9.17) is 5.73 Å². The maximum Gasteiger partial charge on any atom is 0.221 e. The van der Waals surface area contributed by atoms with Gasteiger partial charge >= 0.3 is 0 Å². The summed E-state index contributed by atoms with van der Waals surface area (Å²) in [5.41, 5.74) is 5.98. The Morgan fingerprint density at radius 1 is 1.44 bits per heavy atom. The van der Waals surface area contributed by atoms with E-state index in [9.17, 15) is 4.79 Å². The van der Waals surface area contributed by atoms with E-state index in [1.54, 1.807) is 0 Å². The van der Waals surface area contributed by atoms with Crippen LogP contribution in [0.3, 0.4) is 0 Å². The molecule has 0 aliphatic heterocycles.